The highest BCUT2D eigenvalue weighted by Gasteiger charge is 2.32. The third-order valence-corrected chi connectivity index (χ3v) is 7.20. The Hall–Kier alpha value is -3.44. The summed E-state index contributed by atoms with van der Waals surface area (Å²) in [6, 6.07) is 18.2. The summed E-state index contributed by atoms with van der Waals surface area (Å²) >= 11 is 1.35. The molecule has 1 aliphatic heterocycles. The highest BCUT2D eigenvalue weighted by molar-refractivity contribution is 7.99. The van der Waals surface area contributed by atoms with Gasteiger partial charge in [-0.2, -0.15) is 0 Å². The Balaban J connectivity index is 1.49. The fourth-order valence-electron chi connectivity index (χ4n) is 4.06. The number of urea groups is 1. The standard InChI is InChI=1S/C28H31N3O6S/c1-2-29-28(35)31-15-18-5-11-21(12-6-18)27-36-22(17-38-25-23(26(33)34)4-3-13-30-25)14-24(37-27)20-9-7-19(16-32)8-10-20/h3-13,22,24,27,32H,2,14-17H2,1H3,(H,33,34)(H2,29,31,35)/t22-,24+,27?/m0/s1. The maximum Gasteiger partial charge on any atom is 0.338 e. The van der Waals surface area contributed by atoms with Crippen LogP contribution in [-0.2, 0) is 22.6 Å². The SMILES string of the molecule is CCNC(=O)NCc1ccc(C2O[C@H](CSc3ncccc3C(=O)O)C[C@H](c3ccc(CO)cc3)O2)cc1. The quantitative estimate of drug-likeness (QED) is 0.280. The molecule has 1 aromatic heterocycles. The molecule has 1 saturated heterocycles. The molecule has 0 bridgehead atoms. The number of ether oxygens (including phenoxy) is 2. The van der Waals surface area contributed by atoms with E-state index in [9.17, 15) is 19.8 Å². The van der Waals surface area contributed by atoms with E-state index in [4.69, 9.17) is 9.47 Å². The Morgan fingerprint density at radius 1 is 1.00 bits per heavy atom. The molecule has 38 heavy (non-hydrogen) atoms. The van der Waals surface area contributed by atoms with E-state index >= 15 is 0 Å². The maximum absolute atomic E-state index is 11.7. The number of carbonyl (C=O) groups is 2. The zero-order chi connectivity index (χ0) is 26.9. The summed E-state index contributed by atoms with van der Waals surface area (Å²) < 4.78 is 12.7. The molecule has 4 N–H and O–H groups in total. The first kappa shape index (κ1) is 27.6. The van der Waals surface area contributed by atoms with E-state index in [1.54, 1.807) is 18.3 Å². The molecular formula is C28H31N3O6S. The van der Waals surface area contributed by atoms with Gasteiger partial charge in [0.15, 0.2) is 6.29 Å². The summed E-state index contributed by atoms with van der Waals surface area (Å²) in [6.45, 7) is 2.78. The van der Waals surface area contributed by atoms with Gasteiger partial charge in [-0.05, 0) is 35.7 Å². The molecule has 0 saturated carbocycles. The van der Waals surface area contributed by atoms with E-state index in [1.807, 2.05) is 55.5 Å². The van der Waals surface area contributed by atoms with Gasteiger partial charge in [0.05, 0.1) is 24.4 Å². The van der Waals surface area contributed by atoms with Crippen LogP contribution in [0, 0.1) is 0 Å². The van der Waals surface area contributed by atoms with E-state index in [1.165, 1.54) is 11.8 Å². The Labute approximate surface area is 225 Å². The number of nitrogens with zero attached hydrogens (tertiary/aromatic N) is 1. The smallest absolute Gasteiger partial charge is 0.338 e. The molecule has 10 heteroatoms. The fourth-order valence-corrected chi connectivity index (χ4v) is 5.07. The van der Waals surface area contributed by atoms with Crippen LogP contribution in [0.25, 0.3) is 0 Å². The van der Waals surface area contributed by atoms with Crippen molar-refractivity contribution in [3.63, 3.8) is 0 Å². The number of nitrogens with one attached hydrogen (secondary N) is 2. The molecule has 200 valence electrons. The number of carbonyl (C=O) groups excluding carboxylic acids is 1. The third-order valence-electron chi connectivity index (χ3n) is 6.06. The molecule has 1 unspecified atom stereocenters. The Bertz CT molecular complexity index is 1220. The van der Waals surface area contributed by atoms with Crippen molar-refractivity contribution >= 4 is 23.8 Å². The maximum atomic E-state index is 11.7. The second kappa shape index (κ2) is 13.4. The number of aromatic nitrogens is 1. The van der Waals surface area contributed by atoms with Gasteiger partial charge in [0.2, 0.25) is 0 Å². The van der Waals surface area contributed by atoms with Crippen molar-refractivity contribution in [3.8, 4) is 0 Å². The molecule has 1 aliphatic rings. The third kappa shape index (κ3) is 7.32. The number of aromatic carboxylic acids is 1. The van der Waals surface area contributed by atoms with Gasteiger partial charge in [0.25, 0.3) is 0 Å². The van der Waals surface area contributed by atoms with Crippen LogP contribution in [0.1, 0.15) is 58.4 Å². The van der Waals surface area contributed by atoms with Gasteiger partial charge in [-0.25, -0.2) is 14.6 Å². The van der Waals surface area contributed by atoms with E-state index in [-0.39, 0.29) is 30.4 Å². The number of benzene rings is 2. The normalized spacial score (nSPS) is 19.1. The monoisotopic (exact) mass is 537 g/mol. The van der Waals surface area contributed by atoms with Crippen LogP contribution < -0.4 is 10.6 Å². The van der Waals surface area contributed by atoms with Crippen LogP contribution in [0.15, 0.2) is 71.9 Å². The van der Waals surface area contributed by atoms with Crippen molar-refractivity contribution in [2.45, 2.75) is 50.0 Å². The summed E-state index contributed by atoms with van der Waals surface area (Å²) in [6.07, 6.45) is 1.03. The second-order valence-electron chi connectivity index (χ2n) is 8.78. The van der Waals surface area contributed by atoms with Crippen LogP contribution in [0.3, 0.4) is 0 Å². The van der Waals surface area contributed by atoms with Gasteiger partial charge in [-0.15, -0.1) is 11.8 Å². The van der Waals surface area contributed by atoms with E-state index < -0.39 is 12.3 Å². The highest BCUT2D eigenvalue weighted by atomic mass is 32.2. The lowest BCUT2D eigenvalue weighted by Crippen LogP contribution is -2.34. The first-order valence-electron chi connectivity index (χ1n) is 12.4. The van der Waals surface area contributed by atoms with Crippen LogP contribution in [0.2, 0.25) is 0 Å². The second-order valence-corrected chi connectivity index (χ2v) is 9.79. The molecule has 2 heterocycles. The minimum absolute atomic E-state index is 0.0336. The first-order chi connectivity index (χ1) is 18.5. The van der Waals surface area contributed by atoms with E-state index in [0.29, 0.717) is 30.3 Å². The largest absolute Gasteiger partial charge is 0.478 e. The number of rotatable bonds is 10. The van der Waals surface area contributed by atoms with Gasteiger partial charge in [0.1, 0.15) is 5.03 Å². The van der Waals surface area contributed by atoms with Gasteiger partial charge in [0, 0.05) is 37.0 Å². The summed E-state index contributed by atoms with van der Waals surface area (Å²) in [5.41, 5.74) is 3.72. The van der Waals surface area contributed by atoms with Crippen LogP contribution >= 0.6 is 11.8 Å². The number of aliphatic hydroxyl groups is 1. The zero-order valence-electron chi connectivity index (χ0n) is 21.0. The van der Waals surface area contributed by atoms with Gasteiger partial charge < -0.3 is 30.3 Å². The van der Waals surface area contributed by atoms with Crippen LogP contribution in [-0.4, -0.2) is 45.6 Å². The van der Waals surface area contributed by atoms with Gasteiger partial charge in [-0.1, -0.05) is 48.5 Å². The molecule has 2 amide bonds. The number of aliphatic hydroxyl groups excluding tert-OH is 1. The summed E-state index contributed by atoms with van der Waals surface area (Å²) in [5.74, 6) is -0.522. The predicted molar refractivity (Wildman–Crippen MR) is 143 cm³/mol. The molecule has 1 fully saturated rings. The summed E-state index contributed by atoms with van der Waals surface area (Å²) in [5, 5.41) is 24.8. The molecule has 3 aromatic rings. The average molecular weight is 538 g/mol. The van der Waals surface area contributed by atoms with Crippen molar-refractivity contribution < 1.29 is 29.3 Å². The lowest BCUT2D eigenvalue weighted by atomic mass is 10.0. The molecule has 4 rings (SSSR count). The minimum Gasteiger partial charge on any atom is -0.478 e. The van der Waals surface area contributed by atoms with E-state index in [0.717, 1.165) is 22.3 Å². The molecule has 9 nitrogen and oxygen atoms in total. The Morgan fingerprint density at radius 3 is 2.39 bits per heavy atom. The zero-order valence-corrected chi connectivity index (χ0v) is 21.8. The van der Waals surface area contributed by atoms with Crippen LogP contribution in [0.5, 0.6) is 0 Å². The number of hydrogen-bond acceptors (Lipinski definition) is 7. The number of carboxylic acids is 1. The number of thioether (sulfide) groups is 1. The van der Waals surface area contributed by atoms with Gasteiger partial charge >= 0.3 is 12.0 Å². The molecule has 2 aromatic carbocycles. The molecule has 0 radical (unpaired) electrons. The number of pyridine rings is 1. The van der Waals surface area contributed by atoms with Crippen LogP contribution in [0.4, 0.5) is 4.79 Å². The number of amides is 2. The van der Waals surface area contributed by atoms with Crippen molar-refractivity contribution in [1.82, 2.24) is 15.6 Å². The summed E-state index contributed by atoms with van der Waals surface area (Å²) in [7, 11) is 0. The fraction of sp³-hybridized carbons (Fsp3) is 0.321. The van der Waals surface area contributed by atoms with E-state index in [2.05, 4.69) is 15.6 Å². The lowest BCUT2D eigenvalue weighted by Gasteiger charge is -2.36. The number of carboxylic acid groups (broad SMARTS) is 1. The Morgan fingerprint density at radius 2 is 1.71 bits per heavy atom. The first-order valence-corrected chi connectivity index (χ1v) is 13.4. The highest BCUT2D eigenvalue weighted by Crippen LogP contribution is 2.39. The molecule has 0 spiro atoms. The topological polar surface area (TPSA) is 130 Å². The molecule has 3 atom stereocenters. The molecular weight excluding hydrogens is 506 g/mol. The van der Waals surface area contributed by atoms with Crippen molar-refractivity contribution in [2.24, 2.45) is 0 Å². The van der Waals surface area contributed by atoms with Crippen molar-refractivity contribution in [3.05, 3.63) is 94.7 Å². The van der Waals surface area contributed by atoms with Gasteiger partial charge in [-0.3, -0.25) is 0 Å². The minimum atomic E-state index is -1.02. The summed E-state index contributed by atoms with van der Waals surface area (Å²) in [4.78, 5) is 27.5. The molecule has 0 aliphatic carbocycles. The predicted octanol–water partition coefficient (Wildman–Crippen LogP) is 4.43. The van der Waals surface area contributed by atoms with Crippen molar-refractivity contribution in [1.29, 1.82) is 0 Å². The van der Waals surface area contributed by atoms with Crippen molar-refractivity contribution in [2.75, 3.05) is 12.3 Å². The Kier molecular flexibility index (Phi) is 9.72. The number of hydrogen-bond donors (Lipinski definition) is 4. The lowest BCUT2D eigenvalue weighted by molar-refractivity contribution is -0.245. The average Bonchev–Trinajstić information content (AvgIpc) is 2.95.